The Balaban J connectivity index is 1.96. The molecule has 1 aromatic carbocycles. The maximum absolute atomic E-state index is 12.0. The van der Waals surface area contributed by atoms with E-state index in [4.69, 9.17) is 4.74 Å². The summed E-state index contributed by atoms with van der Waals surface area (Å²) in [7, 11) is 0. The van der Waals surface area contributed by atoms with Gasteiger partial charge in [-0.2, -0.15) is 0 Å². The predicted octanol–water partition coefficient (Wildman–Crippen LogP) is 2.95. The first-order valence-electron chi connectivity index (χ1n) is 5.83. The molecule has 2 rings (SSSR count). The molecule has 92 valence electrons. The molecule has 0 aliphatic carbocycles. The van der Waals surface area contributed by atoms with Crippen LogP contribution in [-0.4, -0.2) is 19.1 Å². The van der Waals surface area contributed by atoms with Crippen LogP contribution in [0, 0.1) is 5.92 Å². The van der Waals surface area contributed by atoms with Gasteiger partial charge in [0.2, 0.25) is 5.91 Å². The van der Waals surface area contributed by atoms with Gasteiger partial charge in [0.1, 0.15) is 0 Å². The van der Waals surface area contributed by atoms with Crippen LogP contribution >= 0.6 is 15.9 Å². The van der Waals surface area contributed by atoms with Gasteiger partial charge >= 0.3 is 0 Å². The number of carbonyl (C=O) groups excluding carboxylic acids is 1. The number of hydrogen-bond donors (Lipinski definition) is 1. The molecule has 0 bridgehead atoms. The minimum Gasteiger partial charge on any atom is -0.381 e. The normalized spacial score (nSPS) is 16.8. The van der Waals surface area contributed by atoms with Crippen molar-refractivity contribution < 1.29 is 9.53 Å². The van der Waals surface area contributed by atoms with Crippen LogP contribution in [0.1, 0.15) is 18.4 Å². The molecule has 0 aromatic heterocycles. The molecule has 0 spiro atoms. The molecular formula is C13H16BrNO2. The lowest BCUT2D eigenvalue weighted by atomic mass is 9.99. The van der Waals surface area contributed by atoms with E-state index < -0.39 is 0 Å². The van der Waals surface area contributed by atoms with Crippen molar-refractivity contribution in [2.75, 3.05) is 18.5 Å². The highest BCUT2D eigenvalue weighted by Crippen LogP contribution is 2.18. The third-order valence-electron chi connectivity index (χ3n) is 2.94. The van der Waals surface area contributed by atoms with Gasteiger partial charge in [0.15, 0.2) is 0 Å². The number of halogens is 1. The molecule has 1 N–H and O–H groups in total. The Morgan fingerprint density at radius 2 is 2.18 bits per heavy atom. The zero-order valence-corrected chi connectivity index (χ0v) is 11.2. The fourth-order valence-corrected chi connectivity index (χ4v) is 2.29. The van der Waals surface area contributed by atoms with E-state index >= 15 is 0 Å². The Kier molecular flexibility index (Phi) is 4.57. The first-order chi connectivity index (χ1) is 8.29. The van der Waals surface area contributed by atoms with Gasteiger partial charge in [-0.25, -0.2) is 0 Å². The molecule has 1 heterocycles. The highest BCUT2D eigenvalue weighted by atomic mass is 79.9. The summed E-state index contributed by atoms with van der Waals surface area (Å²) < 4.78 is 5.25. The van der Waals surface area contributed by atoms with Crippen LogP contribution in [0.3, 0.4) is 0 Å². The van der Waals surface area contributed by atoms with Crippen LogP contribution in [0.25, 0.3) is 0 Å². The summed E-state index contributed by atoms with van der Waals surface area (Å²) >= 11 is 3.41. The molecule has 3 nitrogen and oxygen atoms in total. The molecule has 1 aromatic rings. The first-order valence-corrected chi connectivity index (χ1v) is 6.95. The Morgan fingerprint density at radius 1 is 1.41 bits per heavy atom. The van der Waals surface area contributed by atoms with Gasteiger partial charge in [-0.1, -0.05) is 28.1 Å². The number of benzene rings is 1. The van der Waals surface area contributed by atoms with Crippen molar-refractivity contribution in [3.8, 4) is 0 Å². The highest BCUT2D eigenvalue weighted by Gasteiger charge is 2.21. The van der Waals surface area contributed by atoms with E-state index in [0.717, 1.165) is 29.4 Å². The van der Waals surface area contributed by atoms with Gasteiger partial charge < -0.3 is 10.1 Å². The zero-order valence-electron chi connectivity index (χ0n) is 9.62. The third kappa shape index (κ3) is 3.54. The molecule has 1 aliphatic heterocycles. The number of carbonyl (C=O) groups is 1. The summed E-state index contributed by atoms with van der Waals surface area (Å²) in [5.41, 5.74) is 2.04. The minimum absolute atomic E-state index is 0.0939. The van der Waals surface area contributed by atoms with E-state index in [1.165, 1.54) is 0 Å². The smallest absolute Gasteiger partial charge is 0.227 e. The summed E-state index contributed by atoms with van der Waals surface area (Å²) in [5, 5.41) is 3.77. The largest absolute Gasteiger partial charge is 0.381 e. The number of alkyl halides is 1. The molecule has 0 atom stereocenters. The van der Waals surface area contributed by atoms with Gasteiger partial charge in [-0.05, 0) is 30.5 Å². The summed E-state index contributed by atoms with van der Waals surface area (Å²) in [6, 6.07) is 7.89. The van der Waals surface area contributed by atoms with Crippen LogP contribution in [0.2, 0.25) is 0 Å². The summed E-state index contributed by atoms with van der Waals surface area (Å²) in [5.74, 6) is 0.205. The fourth-order valence-electron chi connectivity index (χ4n) is 1.94. The van der Waals surface area contributed by atoms with Crippen molar-refractivity contribution in [1.29, 1.82) is 0 Å². The molecule has 1 fully saturated rings. The van der Waals surface area contributed by atoms with Crippen molar-refractivity contribution in [3.63, 3.8) is 0 Å². The second-order valence-electron chi connectivity index (χ2n) is 4.21. The average Bonchev–Trinajstić information content (AvgIpc) is 2.40. The lowest BCUT2D eigenvalue weighted by Crippen LogP contribution is -2.28. The van der Waals surface area contributed by atoms with Crippen LogP contribution in [0.5, 0.6) is 0 Å². The number of amides is 1. The monoisotopic (exact) mass is 297 g/mol. The zero-order chi connectivity index (χ0) is 12.1. The molecule has 1 saturated heterocycles. The molecular weight excluding hydrogens is 282 g/mol. The first kappa shape index (κ1) is 12.6. The summed E-state index contributed by atoms with van der Waals surface area (Å²) in [6.07, 6.45) is 1.65. The second kappa shape index (κ2) is 6.17. The van der Waals surface area contributed by atoms with Gasteiger partial charge in [0, 0.05) is 30.1 Å². The molecule has 0 saturated carbocycles. The second-order valence-corrected chi connectivity index (χ2v) is 4.77. The topological polar surface area (TPSA) is 38.3 Å². The Bertz CT molecular complexity index is 389. The van der Waals surface area contributed by atoms with Crippen molar-refractivity contribution in [1.82, 2.24) is 0 Å². The molecule has 4 heteroatoms. The minimum atomic E-state index is 0.0939. The molecule has 0 unspecified atom stereocenters. The number of ether oxygens (including phenoxy) is 1. The standard InChI is InChI=1S/C13H16BrNO2/c14-9-10-2-1-3-12(8-10)15-13(16)11-4-6-17-7-5-11/h1-3,8,11H,4-7,9H2,(H,15,16). The van der Waals surface area contributed by atoms with Crippen LogP contribution < -0.4 is 5.32 Å². The number of anilines is 1. The third-order valence-corrected chi connectivity index (χ3v) is 3.59. The Hall–Kier alpha value is -0.870. The van der Waals surface area contributed by atoms with E-state index in [1.807, 2.05) is 24.3 Å². The van der Waals surface area contributed by atoms with Gasteiger partial charge in [-0.15, -0.1) is 0 Å². The summed E-state index contributed by atoms with van der Waals surface area (Å²) in [6.45, 7) is 1.39. The van der Waals surface area contributed by atoms with E-state index in [9.17, 15) is 4.79 Å². The molecule has 17 heavy (non-hydrogen) atoms. The number of hydrogen-bond acceptors (Lipinski definition) is 2. The van der Waals surface area contributed by atoms with Crippen LogP contribution in [-0.2, 0) is 14.9 Å². The van der Waals surface area contributed by atoms with Crippen LogP contribution in [0.4, 0.5) is 5.69 Å². The number of rotatable bonds is 3. The molecule has 1 aliphatic rings. The summed E-state index contributed by atoms with van der Waals surface area (Å²) in [4.78, 5) is 12.0. The maximum atomic E-state index is 12.0. The Labute approximate surface area is 110 Å². The highest BCUT2D eigenvalue weighted by molar-refractivity contribution is 9.08. The van der Waals surface area contributed by atoms with E-state index in [1.54, 1.807) is 0 Å². The lowest BCUT2D eigenvalue weighted by Gasteiger charge is -2.21. The van der Waals surface area contributed by atoms with Crippen LogP contribution in [0.15, 0.2) is 24.3 Å². The van der Waals surface area contributed by atoms with Crippen molar-refractivity contribution in [2.45, 2.75) is 18.2 Å². The van der Waals surface area contributed by atoms with Gasteiger partial charge in [0.25, 0.3) is 0 Å². The predicted molar refractivity (Wildman–Crippen MR) is 71.2 cm³/mol. The van der Waals surface area contributed by atoms with Crippen molar-refractivity contribution in [3.05, 3.63) is 29.8 Å². The van der Waals surface area contributed by atoms with Crippen molar-refractivity contribution in [2.24, 2.45) is 5.92 Å². The van der Waals surface area contributed by atoms with E-state index in [0.29, 0.717) is 13.2 Å². The molecule has 0 radical (unpaired) electrons. The maximum Gasteiger partial charge on any atom is 0.227 e. The van der Waals surface area contributed by atoms with E-state index in [2.05, 4.69) is 21.2 Å². The lowest BCUT2D eigenvalue weighted by molar-refractivity contribution is -0.122. The number of nitrogens with one attached hydrogen (secondary N) is 1. The van der Waals surface area contributed by atoms with Crippen molar-refractivity contribution >= 4 is 27.5 Å². The quantitative estimate of drug-likeness (QED) is 0.871. The van der Waals surface area contributed by atoms with Gasteiger partial charge in [-0.3, -0.25) is 4.79 Å². The average molecular weight is 298 g/mol. The fraction of sp³-hybridized carbons (Fsp3) is 0.462. The Morgan fingerprint density at radius 3 is 2.88 bits per heavy atom. The van der Waals surface area contributed by atoms with E-state index in [-0.39, 0.29) is 11.8 Å². The molecule has 1 amide bonds. The van der Waals surface area contributed by atoms with Gasteiger partial charge in [0.05, 0.1) is 0 Å². The SMILES string of the molecule is O=C(Nc1cccc(CBr)c1)C1CCOCC1.